The maximum atomic E-state index is 6.21. The van der Waals surface area contributed by atoms with Crippen LogP contribution in [0.1, 0.15) is 32.3 Å². The SMILES string of the molecule is CCC(CC)C(Cc1ccc(Cl)cc1Cl)NC. The molecule has 17 heavy (non-hydrogen) atoms. The molecule has 3 heteroatoms. The van der Waals surface area contributed by atoms with Gasteiger partial charge in [-0.15, -0.1) is 0 Å². The standard InChI is InChI=1S/C14H21Cl2N/c1-4-10(5-2)14(17-3)8-11-6-7-12(15)9-13(11)16/h6-7,9-10,14,17H,4-5,8H2,1-3H3. The van der Waals surface area contributed by atoms with Crippen molar-refractivity contribution in [1.29, 1.82) is 0 Å². The predicted octanol–water partition coefficient (Wildman–Crippen LogP) is 4.56. The molecule has 0 spiro atoms. The van der Waals surface area contributed by atoms with Crippen LogP contribution in [-0.4, -0.2) is 13.1 Å². The largest absolute Gasteiger partial charge is 0.316 e. The number of benzene rings is 1. The Bertz CT molecular complexity index is 348. The molecular formula is C14H21Cl2N. The van der Waals surface area contributed by atoms with Crippen LogP contribution in [0.4, 0.5) is 0 Å². The molecule has 0 aliphatic heterocycles. The second-order valence-corrected chi connectivity index (χ2v) is 5.26. The first-order chi connectivity index (χ1) is 8.12. The summed E-state index contributed by atoms with van der Waals surface area (Å²) in [6, 6.07) is 6.22. The van der Waals surface area contributed by atoms with E-state index < -0.39 is 0 Å². The first-order valence-electron chi connectivity index (χ1n) is 6.23. The van der Waals surface area contributed by atoms with Crippen LogP contribution < -0.4 is 5.32 Å². The molecule has 1 rings (SSSR count). The van der Waals surface area contributed by atoms with Crippen LogP contribution in [0.3, 0.4) is 0 Å². The molecule has 96 valence electrons. The highest BCUT2D eigenvalue weighted by atomic mass is 35.5. The van der Waals surface area contributed by atoms with E-state index in [-0.39, 0.29) is 0 Å². The van der Waals surface area contributed by atoms with Crippen LogP contribution in [-0.2, 0) is 6.42 Å². The Morgan fingerprint density at radius 2 is 1.82 bits per heavy atom. The van der Waals surface area contributed by atoms with E-state index in [2.05, 4.69) is 19.2 Å². The van der Waals surface area contributed by atoms with Gasteiger partial charge in [0.2, 0.25) is 0 Å². The van der Waals surface area contributed by atoms with Gasteiger partial charge in [-0.1, -0.05) is 56.0 Å². The van der Waals surface area contributed by atoms with Crippen molar-refractivity contribution in [1.82, 2.24) is 5.32 Å². The van der Waals surface area contributed by atoms with Gasteiger partial charge in [-0.2, -0.15) is 0 Å². The van der Waals surface area contributed by atoms with Crippen LogP contribution in [0.25, 0.3) is 0 Å². The highest BCUT2D eigenvalue weighted by molar-refractivity contribution is 6.35. The molecule has 1 atom stereocenters. The summed E-state index contributed by atoms with van der Waals surface area (Å²) in [6.07, 6.45) is 3.33. The molecule has 0 aliphatic carbocycles. The van der Waals surface area contributed by atoms with Gasteiger partial charge in [0.05, 0.1) is 0 Å². The van der Waals surface area contributed by atoms with Gasteiger partial charge in [0.25, 0.3) is 0 Å². The van der Waals surface area contributed by atoms with E-state index in [0.717, 1.165) is 11.4 Å². The lowest BCUT2D eigenvalue weighted by Crippen LogP contribution is -2.35. The quantitative estimate of drug-likeness (QED) is 0.801. The van der Waals surface area contributed by atoms with E-state index in [4.69, 9.17) is 23.2 Å². The number of hydrogen-bond acceptors (Lipinski definition) is 1. The van der Waals surface area contributed by atoms with Crippen molar-refractivity contribution in [3.8, 4) is 0 Å². The van der Waals surface area contributed by atoms with Crippen LogP contribution in [0.15, 0.2) is 18.2 Å². The van der Waals surface area contributed by atoms with Crippen LogP contribution >= 0.6 is 23.2 Å². The van der Waals surface area contributed by atoms with Crippen molar-refractivity contribution in [3.63, 3.8) is 0 Å². The molecule has 0 aliphatic rings. The molecule has 1 aromatic rings. The molecular weight excluding hydrogens is 253 g/mol. The minimum Gasteiger partial charge on any atom is -0.316 e. The normalized spacial score (nSPS) is 13.1. The molecule has 0 bridgehead atoms. The Hall–Kier alpha value is -0.240. The second kappa shape index (κ2) is 7.25. The topological polar surface area (TPSA) is 12.0 Å². The van der Waals surface area contributed by atoms with E-state index in [1.807, 2.05) is 25.2 Å². The van der Waals surface area contributed by atoms with E-state index in [9.17, 15) is 0 Å². The lowest BCUT2D eigenvalue weighted by atomic mass is 9.89. The fourth-order valence-electron chi connectivity index (χ4n) is 2.29. The zero-order chi connectivity index (χ0) is 12.8. The van der Waals surface area contributed by atoms with Crippen molar-refractivity contribution in [2.24, 2.45) is 5.92 Å². The Kier molecular flexibility index (Phi) is 6.32. The van der Waals surface area contributed by atoms with E-state index in [1.54, 1.807) is 0 Å². The number of rotatable bonds is 6. The Balaban J connectivity index is 2.80. The summed E-state index contributed by atoms with van der Waals surface area (Å²) in [4.78, 5) is 0. The fourth-order valence-corrected chi connectivity index (χ4v) is 2.77. The third kappa shape index (κ3) is 4.17. The minimum atomic E-state index is 0.476. The Labute approximate surface area is 115 Å². The van der Waals surface area contributed by atoms with Gasteiger partial charge >= 0.3 is 0 Å². The summed E-state index contributed by atoms with van der Waals surface area (Å²) >= 11 is 12.1. The van der Waals surface area contributed by atoms with Crippen LogP contribution in [0.2, 0.25) is 10.0 Å². The van der Waals surface area contributed by atoms with Gasteiger partial charge in [0.15, 0.2) is 0 Å². The first kappa shape index (κ1) is 14.8. The number of likely N-dealkylation sites (N-methyl/N-ethyl adjacent to an activating group) is 1. The van der Waals surface area contributed by atoms with Gasteiger partial charge in [0, 0.05) is 16.1 Å². The van der Waals surface area contributed by atoms with Gasteiger partial charge < -0.3 is 5.32 Å². The summed E-state index contributed by atoms with van der Waals surface area (Å²) in [6.45, 7) is 4.48. The van der Waals surface area contributed by atoms with Crippen molar-refractivity contribution in [3.05, 3.63) is 33.8 Å². The van der Waals surface area contributed by atoms with E-state index in [1.165, 1.54) is 18.4 Å². The van der Waals surface area contributed by atoms with Crippen LogP contribution in [0.5, 0.6) is 0 Å². The molecule has 1 aromatic carbocycles. The summed E-state index contributed by atoms with van der Waals surface area (Å²) < 4.78 is 0. The third-order valence-corrected chi connectivity index (χ3v) is 4.03. The number of nitrogens with one attached hydrogen (secondary N) is 1. The lowest BCUT2D eigenvalue weighted by molar-refractivity contribution is 0.349. The van der Waals surface area contributed by atoms with Crippen molar-refractivity contribution in [2.45, 2.75) is 39.2 Å². The van der Waals surface area contributed by atoms with Crippen molar-refractivity contribution >= 4 is 23.2 Å². The Morgan fingerprint density at radius 3 is 2.29 bits per heavy atom. The van der Waals surface area contributed by atoms with Gasteiger partial charge in [-0.3, -0.25) is 0 Å². The average Bonchev–Trinajstić information content (AvgIpc) is 2.32. The molecule has 0 radical (unpaired) electrons. The molecule has 0 amide bonds. The Morgan fingerprint density at radius 1 is 1.18 bits per heavy atom. The summed E-state index contributed by atoms with van der Waals surface area (Å²) in [5.74, 6) is 0.687. The minimum absolute atomic E-state index is 0.476. The summed E-state index contributed by atoms with van der Waals surface area (Å²) in [5.41, 5.74) is 1.17. The molecule has 0 saturated heterocycles. The maximum Gasteiger partial charge on any atom is 0.0453 e. The smallest absolute Gasteiger partial charge is 0.0453 e. The van der Waals surface area contributed by atoms with Crippen molar-refractivity contribution < 1.29 is 0 Å². The highest BCUT2D eigenvalue weighted by Crippen LogP contribution is 2.24. The van der Waals surface area contributed by atoms with Gasteiger partial charge in [0.1, 0.15) is 0 Å². The molecule has 0 heterocycles. The van der Waals surface area contributed by atoms with Gasteiger partial charge in [-0.25, -0.2) is 0 Å². The first-order valence-corrected chi connectivity index (χ1v) is 6.99. The molecule has 0 aromatic heterocycles. The fraction of sp³-hybridized carbons (Fsp3) is 0.571. The monoisotopic (exact) mass is 273 g/mol. The zero-order valence-corrected chi connectivity index (χ0v) is 12.3. The summed E-state index contributed by atoms with van der Waals surface area (Å²) in [7, 11) is 2.02. The molecule has 1 unspecified atom stereocenters. The number of halogens is 2. The molecule has 1 N–H and O–H groups in total. The van der Waals surface area contributed by atoms with Gasteiger partial charge in [-0.05, 0) is 37.1 Å². The lowest BCUT2D eigenvalue weighted by Gasteiger charge is -2.25. The average molecular weight is 274 g/mol. The maximum absolute atomic E-state index is 6.21. The second-order valence-electron chi connectivity index (χ2n) is 4.41. The van der Waals surface area contributed by atoms with E-state index >= 15 is 0 Å². The highest BCUT2D eigenvalue weighted by Gasteiger charge is 2.18. The van der Waals surface area contributed by atoms with E-state index in [0.29, 0.717) is 17.0 Å². The number of hydrogen-bond donors (Lipinski definition) is 1. The molecule has 0 saturated carbocycles. The summed E-state index contributed by atoms with van der Waals surface area (Å²) in [5, 5.41) is 4.87. The predicted molar refractivity (Wildman–Crippen MR) is 77.1 cm³/mol. The van der Waals surface area contributed by atoms with Crippen molar-refractivity contribution in [2.75, 3.05) is 7.05 Å². The third-order valence-electron chi connectivity index (χ3n) is 3.44. The molecule has 1 nitrogen and oxygen atoms in total. The molecule has 0 fully saturated rings. The van der Waals surface area contributed by atoms with Crippen LogP contribution in [0, 0.1) is 5.92 Å². The zero-order valence-electron chi connectivity index (χ0n) is 10.8.